The zero-order valence-electron chi connectivity index (χ0n) is 4.20. The maximum atomic E-state index is 10.1. The van der Waals surface area contributed by atoms with Gasteiger partial charge in [0.05, 0.1) is 0 Å². The maximum absolute atomic E-state index is 10.1. The Morgan fingerprint density at radius 2 is 2.25 bits per heavy atom. The molecule has 5 heteroatoms. The van der Waals surface area contributed by atoms with Gasteiger partial charge in [0, 0.05) is 21.1 Å². The Labute approximate surface area is 53.8 Å². The minimum Gasteiger partial charge on any atom is -0.480 e. The first-order chi connectivity index (χ1) is 3.72. The molecule has 1 heterocycles. The van der Waals surface area contributed by atoms with Crippen LogP contribution in [0, 0.1) is 0 Å². The van der Waals surface area contributed by atoms with Crippen LogP contribution in [0.15, 0.2) is 0 Å². The minimum atomic E-state index is -0.762. The van der Waals surface area contributed by atoms with Crippen molar-refractivity contribution in [3.63, 3.8) is 0 Å². The van der Waals surface area contributed by atoms with Crippen LogP contribution < -0.4 is 0 Å². The molecule has 1 atom stereocenters. The van der Waals surface area contributed by atoms with Gasteiger partial charge < -0.3 is 5.11 Å². The number of aliphatic carboxylic acids is 1. The molecule has 0 aliphatic heterocycles. The van der Waals surface area contributed by atoms with E-state index in [1.54, 1.807) is 10.3 Å². The van der Waals surface area contributed by atoms with Gasteiger partial charge in [-0.05, 0) is 6.92 Å². The monoisotopic (exact) mass is 151 g/mol. The number of nitrogens with zero attached hydrogens (tertiary/aromatic N) is 1. The molecule has 0 aromatic carbocycles. The van der Waals surface area contributed by atoms with Crippen molar-refractivity contribution in [2.45, 2.75) is 13.0 Å². The number of hydrogen-bond acceptors (Lipinski definition) is 3. The van der Waals surface area contributed by atoms with E-state index >= 15 is 0 Å². The van der Waals surface area contributed by atoms with Crippen LogP contribution in [-0.2, 0) is 4.79 Å². The summed E-state index contributed by atoms with van der Waals surface area (Å²) in [5, 5.41) is 8.32. The fourth-order valence-electron chi connectivity index (χ4n) is 0.239. The number of hydrogen-bond donors (Lipinski definition) is 1. The van der Waals surface area contributed by atoms with Gasteiger partial charge >= 0.3 is 5.97 Å². The van der Waals surface area contributed by atoms with Gasteiger partial charge in [-0.1, -0.05) is 0 Å². The molecule has 1 aromatic rings. The molecule has 0 radical (unpaired) electrons. The number of rotatable bonds is 2. The van der Waals surface area contributed by atoms with Gasteiger partial charge in [-0.25, -0.2) is 8.14 Å². The highest BCUT2D eigenvalue weighted by Crippen LogP contribution is 2.24. The van der Waals surface area contributed by atoms with Crippen molar-refractivity contribution in [3.8, 4) is 0 Å². The number of carbonyl (C=O) groups is 1. The standard InChI is InChI=1S/C3H5NO2S2/c1-2(3(5)6)4-7-8-4/h2H,1H3,(H,5,6). The fraction of sp³-hybridized carbons (Fsp3) is 0.667. The zero-order valence-corrected chi connectivity index (χ0v) is 5.83. The Kier molecular flexibility index (Phi) is 1.39. The van der Waals surface area contributed by atoms with Crippen molar-refractivity contribution in [1.82, 2.24) is 3.35 Å². The van der Waals surface area contributed by atoms with E-state index < -0.39 is 5.97 Å². The molecule has 8 heavy (non-hydrogen) atoms. The summed E-state index contributed by atoms with van der Waals surface area (Å²) < 4.78 is 1.72. The lowest BCUT2D eigenvalue weighted by Crippen LogP contribution is -2.08. The van der Waals surface area contributed by atoms with E-state index in [9.17, 15) is 4.79 Å². The third-order valence-electron chi connectivity index (χ3n) is 0.834. The summed E-state index contributed by atoms with van der Waals surface area (Å²) in [5.74, 6) is -0.762. The lowest BCUT2D eigenvalue weighted by atomic mass is 10.4. The van der Waals surface area contributed by atoms with Crippen molar-refractivity contribution >= 4 is 27.0 Å². The highest BCUT2D eigenvalue weighted by atomic mass is 33.0. The van der Waals surface area contributed by atoms with E-state index in [0.717, 1.165) is 0 Å². The van der Waals surface area contributed by atoms with Crippen LogP contribution in [0.25, 0.3) is 0 Å². The molecule has 0 spiro atoms. The van der Waals surface area contributed by atoms with Crippen molar-refractivity contribution in [3.05, 3.63) is 0 Å². The number of carboxylic acid groups (broad SMARTS) is 1. The second-order valence-corrected chi connectivity index (χ2v) is 3.66. The molecule has 0 saturated heterocycles. The third kappa shape index (κ3) is 1.10. The number of carboxylic acids is 1. The van der Waals surface area contributed by atoms with E-state index in [1.807, 2.05) is 0 Å². The molecule has 1 rings (SSSR count). The van der Waals surface area contributed by atoms with E-state index in [-0.39, 0.29) is 6.04 Å². The van der Waals surface area contributed by atoms with Crippen molar-refractivity contribution < 1.29 is 9.90 Å². The van der Waals surface area contributed by atoms with E-state index in [1.165, 1.54) is 21.1 Å². The van der Waals surface area contributed by atoms with Crippen LogP contribution in [0.1, 0.15) is 13.0 Å². The van der Waals surface area contributed by atoms with Crippen molar-refractivity contribution in [1.29, 1.82) is 0 Å². The Hall–Kier alpha value is -0.290. The largest absolute Gasteiger partial charge is 0.480 e. The zero-order chi connectivity index (χ0) is 6.15. The first-order valence-electron chi connectivity index (χ1n) is 2.08. The highest BCUT2D eigenvalue weighted by Gasteiger charge is 2.16. The van der Waals surface area contributed by atoms with Crippen LogP contribution in [0.3, 0.4) is 0 Å². The van der Waals surface area contributed by atoms with Gasteiger partial charge in [-0.2, -0.15) is 0 Å². The van der Waals surface area contributed by atoms with Gasteiger partial charge in [0.25, 0.3) is 0 Å². The summed E-state index contributed by atoms with van der Waals surface area (Å²) in [6, 6.07) is -0.343. The van der Waals surface area contributed by atoms with Crippen LogP contribution in [0.2, 0.25) is 0 Å². The average molecular weight is 151 g/mol. The molecule has 0 fully saturated rings. The van der Waals surface area contributed by atoms with Crippen molar-refractivity contribution in [2.75, 3.05) is 0 Å². The van der Waals surface area contributed by atoms with Crippen LogP contribution in [-0.4, -0.2) is 14.4 Å². The second kappa shape index (κ2) is 1.91. The Morgan fingerprint density at radius 1 is 1.75 bits per heavy atom. The van der Waals surface area contributed by atoms with Crippen LogP contribution >= 0.6 is 21.1 Å². The first kappa shape index (κ1) is 5.84. The molecule has 1 unspecified atom stereocenters. The maximum Gasteiger partial charge on any atom is 0.328 e. The quantitative estimate of drug-likeness (QED) is 0.646. The summed E-state index contributed by atoms with van der Waals surface area (Å²) >= 11 is 0. The Balaban J connectivity index is 2.50. The van der Waals surface area contributed by atoms with E-state index in [4.69, 9.17) is 5.11 Å². The second-order valence-electron chi connectivity index (χ2n) is 1.45. The topological polar surface area (TPSA) is 42.2 Å². The molecule has 0 amide bonds. The van der Waals surface area contributed by atoms with Crippen molar-refractivity contribution in [2.24, 2.45) is 0 Å². The lowest BCUT2D eigenvalue weighted by Gasteiger charge is -1.94. The SMILES string of the molecule is CC(C(=O)O)n1ss1. The summed E-state index contributed by atoms with van der Waals surface area (Å²) in [5.41, 5.74) is 0. The predicted molar refractivity (Wildman–Crippen MR) is 32.5 cm³/mol. The normalized spacial score (nSPS) is 14.1. The molecule has 0 aliphatic carbocycles. The van der Waals surface area contributed by atoms with Gasteiger partial charge in [-0.15, -0.1) is 0 Å². The lowest BCUT2D eigenvalue weighted by molar-refractivity contribution is -0.139. The predicted octanol–water partition coefficient (Wildman–Crippen LogP) is 1.26. The van der Waals surface area contributed by atoms with E-state index in [0.29, 0.717) is 0 Å². The third-order valence-corrected chi connectivity index (χ3v) is 2.75. The fourth-order valence-corrected chi connectivity index (χ4v) is 1.61. The minimum absolute atomic E-state index is 0.343. The smallest absolute Gasteiger partial charge is 0.328 e. The molecule has 0 saturated carbocycles. The van der Waals surface area contributed by atoms with Gasteiger partial charge in [0.2, 0.25) is 0 Å². The molecule has 1 aromatic heterocycles. The van der Waals surface area contributed by atoms with E-state index in [2.05, 4.69) is 0 Å². The molecule has 0 bridgehead atoms. The van der Waals surface area contributed by atoms with Gasteiger partial charge in [-0.3, -0.25) is 0 Å². The molecular formula is C3H5NO2S2. The molecular weight excluding hydrogens is 146 g/mol. The van der Waals surface area contributed by atoms with Crippen LogP contribution in [0.5, 0.6) is 0 Å². The summed E-state index contributed by atoms with van der Waals surface area (Å²) in [4.78, 5) is 10.1. The highest BCUT2D eigenvalue weighted by molar-refractivity contribution is 7.76. The summed E-state index contributed by atoms with van der Waals surface area (Å²) in [6.45, 7) is 1.66. The number of aromatic nitrogens is 1. The summed E-state index contributed by atoms with van der Waals surface area (Å²) in [7, 11) is 2.95. The Bertz CT molecular complexity index is 166. The first-order valence-corrected chi connectivity index (χ1v) is 4.15. The average Bonchev–Trinajstić information content (AvgIpc) is 2.43. The summed E-state index contributed by atoms with van der Waals surface area (Å²) in [6.07, 6.45) is 0. The Morgan fingerprint density at radius 3 is 2.38 bits per heavy atom. The molecule has 0 aliphatic rings. The van der Waals surface area contributed by atoms with Gasteiger partial charge in [0.15, 0.2) is 6.04 Å². The van der Waals surface area contributed by atoms with Gasteiger partial charge in [0.1, 0.15) is 0 Å². The molecule has 3 nitrogen and oxygen atoms in total. The van der Waals surface area contributed by atoms with Crippen LogP contribution in [0.4, 0.5) is 0 Å². The molecule has 1 N–H and O–H groups in total. The molecule has 46 valence electrons.